The van der Waals surface area contributed by atoms with Crippen molar-refractivity contribution in [2.45, 2.75) is 23.8 Å². The van der Waals surface area contributed by atoms with Gasteiger partial charge in [0.15, 0.2) is 5.84 Å². The fourth-order valence-electron chi connectivity index (χ4n) is 3.43. The molecule has 0 aliphatic carbocycles. The number of carbonyl (C=O) groups excluding carboxylic acids is 1. The Balaban J connectivity index is 1.48. The molecule has 0 unspecified atom stereocenters. The molecule has 3 aliphatic heterocycles. The maximum atomic E-state index is 12.4. The molecule has 24 heavy (non-hydrogen) atoms. The minimum Gasteiger partial charge on any atom is -0.368 e. The molecule has 2 saturated heterocycles. The lowest BCUT2D eigenvalue weighted by atomic mass is 10.1. The lowest BCUT2D eigenvalue weighted by Crippen LogP contribution is -2.52. The first kappa shape index (κ1) is 15.6. The van der Waals surface area contributed by atoms with Crippen molar-refractivity contribution >= 4 is 21.8 Å². The highest BCUT2D eigenvalue weighted by atomic mass is 32.2. The quantitative estimate of drug-likeness (QED) is 0.736. The minimum absolute atomic E-state index is 0.0496. The predicted molar refractivity (Wildman–Crippen MR) is 87.3 cm³/mol. The van der Waals surface area contributed by atoms with Gasteiger partial charge in [0.1, 0.15) is 11.0 Å². The molecule has 0 bridgehead atoms. The van der Waals surface area contributed by atoms with Crippen molar-refractivity contribution in [1.29, 1.82) is 0 Å². The van der Waals surface area contributed by atoms with Crippen LogP contribution in [0.3, 0.4) is 0 Å². The molecule has 3 aliphatic rings. The highest BCUT2D eigenvalue weighted by Gasteiger charge is 2.35. The number of nitrogens with zero attached hydrogens (tertiary/aromatic N) is 3. The third kappa shape index (κ3) is 2.59. The van der Waals surface area contributed by atoms with E-state index in [1.165, 1.54) is 0 Å². The molecule has 0 N–H and O–H groups in total. The van der Waals surface area contributed by atoms with Gasteiger partial charge < -0.3 is 14.5 Å². The van der Waals surface area contributed by atoms with Crippen LogP contribution in [0.1, 0.15) is 18.4 Å². The number of hydrogen-bond donors (Lipinski definition) is 0. The van der Waals surface area contributed by atoms with E-state index in [4.69, 9.17) is 4.74 Å². The van der Waals surface area contributed by atoms with E-state index < -0.39 is 10.0 Å². The first-order valence-electron chi connectivity index (χ1n) is 8.16. The molecule has 8 heteroatoms. The molecule has 4 rings (SSSR count). The van der Waals surface area contributed by atoms with Crippen LogP contribution in [-0.2, 0) is 19.6 Å². The summed E-state index contributed by atoms with van der Waals surface area (Å²) in [6.07, 6.45) is 1.42. The zero-order chi connectivity index (χ0) is 16.7. The molecule has 0 saturated carbocycles. The molecule has 3 heterocycles. The van der Waals surface area contributed by atoms with Crippen molar-refractivity contribution in [3.8, 4) is 0 Å². The minimum atomic E-state index is -3.60. The zero-order valence-electron chi connectivity index (χ0n) is 13.2. The number of carbonyl (C=O) groups is 1. The number of sulfonamides is 1. The molecule has 2 fully saturated rings. The van der Waals surface area contributed by atoms with Gasteiger partial charge in [-0.05, 0) is 25.0 Å². The number of rotatable bonds is 1. The fraction of sp³-hybridized carbons (Fsp3) is 0.500. The van der Waals surface area contributed by atoms with E-state index in [2.05, 4.69) is 4.40 Å². The Morgan fingerprint density at radius 1 is 1.17 bits per heavy atom. The van der Waals surface area contributed by atoms with Gasteiger partial charge in [0.05, 0.1) is 0 Å². The van der Waals surface area contributed by atoms with Gasteiger partial charge in [0, 0.05) is 38.3 Å². The summed E-state index contributed by atoms with van der Waals surface area (Å²) in [5.41, 5.74) is 0.649. The molecule has 1 atom stereocenters. The SMILES string of the molecule is O=C([C@@H]1CCCO1)N1CCN(C2=NS(=O)(=O)c3ccccc32)CC1. The summed E-state index contributed by atoms with van der Waals surface area (Å²) in [6, 6.07) is 6.88. The highest BCUT2D eigenvalue weighted by Crippen LogP contribution is 2.28. The Bertz CT molecular complexity index is 791. The second-order valence-corrected chi connectivity index (χ2v) is 7.77. The van der Waals surface area contributed by atoms with Crippen molar-refractivity contribution in [3.63, 3.8) is 0 Å². The summed E-state index contributed by atoms with van der Waals surface area (Å²) >= 11 is 0. The third-order valence-electron chi connectivity index (χ3n) is 4.71. The molecule has 0 radical (unpaired) electrons. The Morgan fingerprint density at radius 3 is 2.62 bits per heavy atom. The number of piperazine rings is 1. The monoisotopic (exact) mass is 349 g/mol. The van der Waals surface area contributed by atoms with E-state index in [0.717, 1.165) is 12.8 Å². The Labute approximate surface area is 141 Å². The second-order valence-electron chi connectivity index (χ2n) is 6.20. The van der Waals surface area contributed by atoms with Crippen molar-refractivity contribution in [2.75, 3.05) is 32.8 Å². The van der Waals surface area contributed by atoms with Gasteiger partial charge >= 0.3 is 0 Å². The maximum absolute atomic E-state index is 12.4. The van der Waals surface area contributed by atoms with Crippen molar-refractivity contribution in [1.82, 2.24) is 9.80 Å². The summed E-state index contributed by atoms with van der Waals surface area (Å²) in [4.78, 5) is 16.4. The smallest absolute Gasteiger partial charge is 0.285 e. The normalized spacial score (nSPS) is 25.5. The molecule has 7 nitrogen and oxygen atoms in total. The third-order valence-corrected chi connectivity index (χ3v) is 6.03. The van der Waals surface area contributed by atoms with Crippen LogP contribution >= 0.6 is 0 Å². The number of fused-ring (bicyclic) bond motifs is 1. The van der Waals surface area contributed by atoms with Crippen molar-refractivity contribution < 1.29 is 17.9 Å². The van der Waals surface area contributed by atoms with E-state index in [-0.39, 0.29) is 16.9 Å². The van der Waals surface area contributed by atoms with Gasteiger partial charge in [-0.2, -0.15) is 8.42 Å². The van der Waals surface area contributed by atoms with Crippen LogP contribution in [0.15, 0.2) is 33.6 Å². The van der Waals surface area contributed by atoms with Crippen molar-refractivity contribution in [2.24, 2.45) is 4.40 Å². The molecular weight excluding hydrogens is 330 g/mol. The molecule has 0 spiro atoms. The van der Waals surface area contributed by atoms with E-state index in [1.807, 2.05) is 15.9 Å². The van der Waals surface area contributed by atoms with Crippen LogP contribution in [0.5, 0.6) is 0 Å². The van der Waals surface area contributed by atoms with Crippen LogP contribution in [0, 0.1) is 0 Å². The Morgan fingerprint density at radius 2 is 1.92 bits per heavy atom. The predicted octanol–water partition coefficient (Wildman–Crippen LogP) is 0.459. The van der Waals surface area contributed by atoms with Crippen LogP contribution < -0.4 is 0 Å². The summed E-state index contributed by atoms with van der Waals surface area (Å²) in [5, 5.41) is 0. The molecule has 1 amide bonds. The lowest BCUT2D eigenvalue weighted by molar-refractivity contribution is -0.142. The largest absolute Gasteiger partial charge is 0.368 e. The van der Waals surface area contributed by atoms with Crippen LogP contribution in [0.4, 0.5) is 0 Å². The molecule has 1 aromatic carbocycles. The van der Waals surface area contributed by atoms with Crippen molar-refractivity contribution in [3.05, 3.63) is 29.8 Å². The summed E-state index contributed by atoms with van der Waals surface area (Å²) in [7, 11) is -3.60. The van der Waals surface area contributed by atoms with Gasteiger partial charge in [-0.3, -0.25) is 4.79 Å². The first-order chi connectivity index (χ1) is 11.6. The topological polar surface area (TPSA) is 79.3 Å². The van der Waals surface area contributed by atoms with Gasteiger partial charge in [-0.1, -0.05) is 12.1 Å². The van der Waals surface area contributed by atoms with Crippen LogP contribution in [-0.4, -0.2) is 68.9 Å². The van der Waals surface area contributed by atoms with Gasteiger partial charge in [0.2, 0.25) is 0 Å². The fourth-order valence-corrected chi connectivity index (χ4v) is 4.66. The van der Waals surface area contributed by atoms with E-state index in [0.29, 0.717) is 44.2 Å². The Hall–Kier alpha value is -1.93. The number of hydrogen-bond acceptors (Lipinski definition) is 5. The summed E-state index contributed by atoms with van der Waals surface area (Å²) in [5.74, 6) is 0.545. The summed E-state index contributed by atoms with van der Waals surface area (Å²) < 4.78 is 33.7. The lowest BCUT2D eigenvalue weighted by Gasteiger charge is -2.36. The highest BCUT2D eigenvalue weighted by molar-refractivity contribution is 7.90. The molecule has 0 aromatic heterocycles. The Kier molecular flexibility index (Phi) is 3.80. The first-order valence-corrected chi connectivity index (χ1v) is 9.60. The standard InChI is InChI=1S/C16H19N3O4S/c20-16(13-5-3-11-23-13)19-9-7-18(8-10-19)15-12-4-1-2-6-14(12)24(21,22)17-15/h1-2,4,6,13H,3,5,7-11H2/t13-/m0/s1. The molecular formula is C16H19N3O4S. The van der Waals surface area contributed by atoms with Gasteiger partial charge in [-0.25, -0.2) is 0 Å². The number of amidine groups is 1. The zero-order valence-corrected chi connectivity index (χ0v) is 14.0. The number of benzene rings is 1. The maximum Gasteiger partial charge on any atom is 0.285 e. The van der Waals surface area contributed by atoms with E-state index in [1.54, 1.807) is 18.2 Å². The van der Waals surface area contributed by atoms with Crippen LogP contribution in [0.25, 0.3) is 0 Å². The van der Waals surface area contributed by atoms with Crippen LogP contribution in [0.2, 0.25) is 0 Å². The molecule has 1 aromatic rings. The van der Waals surface area contributed by atoms with E-state index in [9.17, 15) is 13.2 Å². The average Bonchev–Trinajstić information content (AvgIpc) is 3.22. The second kappa shape index (κ2) is 5.86. The van der Waals surface area contributed by atoms with Gasteiger partial charge in [-0.15, -0.1) is 4.40 Å². The van der Waals surface area contributed by atoms with Gasteiger partial charge in [0.25, 0.3) is 15.9 Å². The number of amides is 1. The number of ether oxygens (including phenoxy) is 1. The average molecular weight is 349 g/mol. The summed E-state index contributed by atoms with van der Waals surface area (Å²) in [6.45, 7) is 2.91. The van der Waals surface area contributed by atoms with E-state index >= 15 is 0 Å². The molecule has 128 valence electrons.